The first-order valence-electron chi connectivity index (χ1n) is 6.12. The number of aromatic nitrogens is 2. The predicted octanol–water partition coefficient (Wildman–Crippen LogP) is 4.77. The van der Waals surface area contributed by atoms with Gasteiger partial charge in [-0.3, -0.25) is 5.10 Å². The van der Waals surface area contributed by atoms with Crippen LogP contribution in [0.15, 0.2) is 42.5 Å². The molecule has 3 nitrogen and oxygen atoms in total. The summed E-state index contributed by atoms with van der Waals surface area (Å²) in [4.78, 5) is 0. The quantitative estimate of drug-likeness (QED) is 0.714. The number of anilines is 1. The molecule has 1 heterocycles. The summed E-state index contributed by atoms with van der Waals surface area (Å²) in [6.07, 6.45) is 0. The summed E-state index contributed by atoms with van der Waals surface area (Å²) in [6.45, 7) is 0. The molecule has 0 fully saturated rings. The minimum Gasteiger partial charge on any atom is -0.382 e. The van der Waals surface area contributed by atoms with Gasteiger partial charge in [0, 0.05) is 10.6 Å². The number of benzene rings is 2. The molecule has 3 rings (SSSR count). The summed E-state index contributed by atoms with van der Waals surface area (Å²) in [7, 11) is 0. The molecule has 1 aromatic heterocycles. The van der Waals surface area contributed by atoms with Crippen LogP contribution in [0, 0.1) is 5.82 Å². The standard InChI is InChI=1S/C15H10Cl2FN3/c16-9-5-2-1-4-8(9)12-14(20-21-15(12)19)13-10(17)6-3-7-11(13)18/h1-7H,(H3,19,20,21). The second-order valence-corrected chi connectivity index (χ2v) is 5.25. The normalized spacial score (nSPS) is 10.8. The lowest BCUT2D eigenvalue weighted by molar-refractivity contribution is 0.631. The van der Waals surface area contributed by atoms with Crippen LogP contribution in [0.25, 0.3) is 22.4 Å². The minimum absolute atomic E-state index is 0.221. The van der Waals surface area contributed by atoms with Crippen molar-refractivity contribution in [3.8, 4) is 22.4 Å². The van der Waals surface area contributed by atoms with E-state index < -0.39 is 5.82 Å². The molecule has 0 amide bonds. The fourth-order valence-electron chi connectivity index (χ4n) is 2.21. The van der Waals surface area contributed by atoms with Gasteiger partial charge in [-0.15, -0.1) is 0 Å². The molecule has 3 N–H and O–H groups in total. The van der Waals surface area contributed by atoms with Crippen molar-refractivity contribution < 1.29 is 4.39 Å². The molecule has 0 radical (unpaired) electrons. The average Bonchev–Trinajstić information content (AvgIpc) is 2.81. The summed E-state index contributed by atoms with van der Waals surface area (Å²) in [5.74, 6) is -0.225. The minimum atomic E-state index is -0.459. The summed E-state index contributed by atoms with van der Waals surface area (Å²) < 4.78 is 14.1. The molecule has 0 unspecified atom stereocenters. The van der Waals surface area contributed by atoms with Crippen molar-refractivity contribution in [2.24, 2.45) is 0 Å². The fraction of sp³-hybridized carbons (Fsp3) is 0. The molecular weight excluding hydrogens is 312 g/mol. The molecule has 0 saturated carbocycles. The zero-order valence-corrected chi connectivity index (χ0v) is 12.2. The average molecular weight is 322 g/mol. The number of nitrogens with zero attached hydrogens (tertiary/aromatic N) is 1. The van der Waals surface area contributed by atoms with E-state index in [1.54, 1.807) is 24.3 Å². The van der Waals surface area contributed by atoms with Gasteiger partial charge in [0.2, 0.25) is 0 Å². The molecule has 6 heteroatoms. The van der Waals surface area contributed by atoms with Gasteiger partial charge in [0.1, 0.15) is 5.82 Å². The van der Waals surface area contributed by atoms with Crippen molar-refractivity contribution in [3.05, 3.63) is 58.3 Å². The molecule has 106 valence electrons. The first kappa shape index (κ1) is 13.9. The number of rotatable bonds is 2. The molecule has 0 bridgehead atoms. The first-order chi connectivity index (χ1) is 10.1. The predicted molar refractivity (Wildman–Crippen MR) is 83.9 cm³/mol. The van der Waals surface area contributed by atoms with Gasteiger partial charge >= 0.3 is 0 Å². The fourth-order valence-corrected chi connectivity index (χ4v) is 2.70. The van der Waals surface area contributed by atoms with Crippen LogP contribution in [-0.2, 0) is 0 Å². The topological polar surface area (TPSA) is 54.7 Å². The second-order valence-electron chi connectivity index (χ2n) is 4.44. The number of nitrogens with one attached hydrogen (secondary N) is 1. The van der Waals surface area contributed by atoms with E-state index in [2.05, 4.69) is 10.2 Å². The molecule has 0 saturated heterocycles. The molecule has 2 aromatic carbocycles. The van der Waals surface area contributed by atoms with Gasteiger partial charge < -0.3 is 5.73 Å². The monoisotopic (exact) mass is 321 g/mol. The van der Waals surface area contributed by atoms with E-state index in [1.165, 1.54) is 12.1 Å². The Hall–Kier alpha value is -2.04. The number of halogens is 3. The van der Waals surface area contributed by atoms with E-state index in [0.29, 0.717) is 21.8 Å². The Morgan fingerprint density at radius 3 is 2.38 bits per heavy atom. The number of hydrogen-bond donors (Lipinski definition) is 2. The Bertz CT molecular complexity index is 794. The van der Waals surface area contributed by atoms with Crippen LogP contribution in [-0.4, -0.2) is 10.2 Å². The van der Waals surface area contributed by atoms with Gasteiger partial charge in [0.15, 0.2) is 5.82 Å². The van der Waals surface area contributed by atoms with Gasteiger partial charge in [-0.25, -0.2) is 4.39 Å². The van der Waals surface area contributed by atoms with Gasteiger partial charge in [-0.05, 0) is 18.2 Å². The van der Waals surface area contributed by atoms with Gasteiger partial charge in [-0.1, -0.05) is 47.5 Å². The van der Waals surface area contributed by atoms with Crippen LogP contribution >= 0.6 is 23.2 Å². The summed E-state index contributed by atoms with van der Waals surface area (Å²) in [5, 5.41) is 7.47. The smallest absolute Gasteiger partial charge is 0.153 e. The third-order valence-corrected chi connectivity index (χ3v) is 3.79. The van der Waals surface area contributed by atoms with Crippen molar-refractivity contribution in [2.45, 2.75) is 0 Å². The van der Waals surface area contributed by atoms with Crippen molar-refractivity contribution in [1.29, 1.82) is 0 Å². The van der Waals surface area contributed by atoms with Crippen LogP contribution in [0.1, 0.15) is 0 Å². The molecule has 0 aliphatic carbocycles. The Labute approximate surface area is 130 Å². The summed E-state index contributed by atoms with van der Waals surface area (Å²) in [6, 6.07) is 11.6. The Kier molecular flexibility index (Phi) is 3.57. The SMILES string of the molecule is Nc1n[nH]c(-c2c(F)cccc2Cl)c1-c1ccccc1Cl. The van der Waals surface area contributed by atoms with Crippen LogP contribution in [0.2, 0.25) is 10.0 Å². The lowest BCUT2D eigenvalue weighted by Gasteiger charge is -2.09. The van der Waals surface area contributed by atoms with Crippen molar-refractivity contribution in [2.75, 3.05) is 5.73 Å². The van der Waals surface area contributed by atoms with Crippen LogP contribution < -0.4 is 5.73 Å². The highest BCUT2D eigenvalue weighted by Gasteiger charge is 2.21. The number of nitrogens with two attached hydrogens (primary N) is 1. The largest absolute Gasteiger partial charge is 0.382 e. The molecule has 0 atom stereocenters. The van der Waals surface area contributed by atoms with E-state index in [9.17, 15) is 4.39 Å². The van der Waals surface area contributed by atoms with Crippen molar-refractivity contribution in [1.82, 2.24) is 10.2 Å². The lowest BCUT2D eigenvalue weighted by Crippen LogP contribution is -1.91. The molecule has 3 aromatic rings. The van der Waals surface area contributed by atoms with Gasteiger partial charge in [-0.2, -0.15) is 5.10 Å². The van der Waals surface area contributed by atoms with E-state index in [1.807, 2.05) is 6.07 Å². The third kappa shape index (κ3) is 2.37. The maximum atomic E-state index is 14.1. The van der Waals surface area contributed by atoms with Crippen LogP contribution in [0.3, 0.4) is 0 Å². The zero-order valence-electron chi connectivity index (χ0n) is 10.7. The highest BCUT2D eigenvalue weighted by Crippen LogP contribution is 2.41. The summed E-state index contributed by atoms with van der Waals surface area (Å²) in [5.41, 5.74) is 7.74. The number of hydrogen-bond acceptors (Lipinski definition) is 2. The number of aromatic amines is 1. The molecule has 21 heavy (non-hydrogen) atoms. The first-order valence-corrected chi connectivity index (χ1v) is 6.88. The van der Waals surface area contributed by atoms with Crippen molar-refractivity contribution >= 4 is 29.0 Å². The highest BCUT2D eigenvalue weighted by atomic mass is 35.5. The highest BCUT2D eigenvalue weighted by molar-refractivity contribution is 6.34. The number of nitrogen functional groups attached to an aromatic ring is 1. The molecule has 0 spiro atoms. The zero-order chi connectivity index (χ0) is 15.0. The second kappa shape index (κ2) is 5.39. The van der Waals surface area contributed by atoms with E-state index in [-0.39, 0.29) is 16.4 Å². The Balaban J connectivity index is 2.31. The number of H-pyrrole nitrogens is 1. The maximum absolute atomic E-state index is 14.1. The van der Waals surface area contributed by atoms with E-state index in [0.717, 1.165) is 0 Å². The Morgan fingerprint density at radius 1 is 0.952 bits per heavy atom. The maximum Gasteiger partial charge on any atom is 0.153 e. The lowest BCUT2D eigenvalue weighted by atomic mass is 10.0. The summed E-state index contributed by atoms with van der Waals surface area (Å²) >= 11 is 12.3. The molecule has 0 aliphatic heterocycles. The van der Waals surface area contributed by atoms with Gasteiger partial charge in [0.25, 0.3) is 0 Å². The van der Waals surface area contributed by atoms with Crippen molar-refractivity contribution in [3.63, 3.8) is 0 Å². The van der Waals surface area contributed by atoms with E-state index in [4.69, 9.17) is 28.9 Å². The van der Waals surface area contributed by atoms with Gasteiger partial charge in [0.05, 0.1) is 21.8 Å². The Morgan fingerprint density at radius 2 is 1.67 bits per heavy atom. The molecular formula is C15H10Cl2FN3. The van der Waals surface area contributed by atoms with Crippen LogP contribution in [0.5, 0.6) is 0 Å². The third-order valence-electron chi connectivity index (χ3n) is 3.15. The van der Waals surface area contributed by atoms with E-state index >= 15 is 0 Å². The van der Waals surface area contributed by atoms with Crippen LogP contribution in [0.4, 0.5) is 10.2 Å². The molecule has 0 aliphatic rings.